The highest BCUT2D eigenvalue weighted by atomic mass is 16.6. The van der Waals surface area contributed by atoms with E-state index in [1.165, 1.54) is 4.90 Å². The number of hydrogen-bond acceptors (Lipinski definition) is 5. The third-order valence-electron chi connectivity index (χ3n) is 6.59. The number of benzene rings is 2. The molecule has 0 saturated carbocycles. The Balaban J connectivity index is 2.70. The van der Waals surface area contributed by atoms with Crippen LogP contribution in [-0.2, 0) is 19.1 Å². The summed E-state index contributed by atoms with van der Waals surface area (Å²) in [4.78, 5) is 54.7. The van der Waals surface area contributed by atoms with Gasteiger partial charge < -0.3 is 26.0 Å². The summed E-state index contributed by atoms with van der Waals surface area (Å²) in [6, 6.07) is 9.27. The first-order valence-electron chi connectivity index (χ1n) is 13.9. The first kappa shape index (κ1) is 33.3. The number of carbonyl (C=O) groups excluding carboxylic acids is 4. The smallest absolute Gasteiger partial charge is 0.408 e. The van der Waals surface area contributed by atoms with E-state index in [0.717, 1.165) is 22.3 Å². The first-order valence-corrected chi connectivity index (χ1v) is 13.9. The zero-order valence-electron chi connectivity index (χ0n) is 26.1. The molecular weight excluding hydrogens is 520 g/mol. The summed E-state index contributed by atoms with van der Waals surface area (Å²) in [5.41, 5.74) is 8.58. The summed E-state index contributed by atoms with van der Waals surface area (Å²) in [5, 5.41) is 5.70. The second-order valence-electron chi connectivity index (χ2n) is 12.6. The van der Waals surface area contributed by atoms with Crippen LogP contribution in [-0.4, -0.2) is 45.9 Å². The number of para-hydroxylation sites is 1. The van der Waals surface area contributed by atoms with Gasteiger partial charge >= 0.3 is 6.09 Å². The molecule has 224 valence electrons. The molecule has 41 heavy (non-hydrogen) atoms. The van der Waals surface area contributed by atoms with E-state index in [9.17, 15) is 19.2 Å². The van der Waals surface area contributed by atoms with Crippen LogP contribution in [0.5, 0.6) is 0 Å². The zero-order valence-corrected chi connectivity index (χ0v) is 26.1. The Morgan fingerprint density at radius 2 is 1.49 bits per heavy atom. The van der Waals surface area contributed by atoms with Crippen molar-refractivity contribution in [1.29, 1.82) is 0 Å². The third-order valence-corrected chi connectivity index (χ3v) is 6.59. The topological polar surface area (TPSA) is 131 Å². The summed E-state index contributed by atoms with van der Waals surface area (Å²) in [7, 11) is 0. The summed E-state index contributed by atoms with van der Waals surface area (Å²) in [5.74, 6) is -1.55. The van der Waals surface area contributed by atoms with Gasteiger partial charge in [-0.3, -0.25) is 14.4 Å². The molecular formula is C32H46N4O5. The maximum atomic E-state index is 14.4. The largest absolute Gasteiger partial charge is 0.444 e. The van der Waals surface area contributed by atoms with Crippen LogP contribution < -0.4 is 16.4 Å². The summed E-state index contributed by atoms with van der Waals surface area (Å²) in [6.45, 7) is 18.2. The monoisotopic (exact) mass is 566 g/mol. The number of amides is 4. The van der Waals surface area contributed by atoms with Crippen LogP contribution in [0, 0.1) is 27.7 Å². The van der Waals surface area contributed by atoms with Crippen molar-refractivity contribution in [1.82, 2.24) is 10.2 Å². The minimum absolute atomic E-state index is 0.0575. The fourth-order valence-corrected chi connectivity index (χ4v) is 4.66. The highest BCUT2D eigenvalue weighted by Gasteiger charge is 2.42. The van der Waals surface area contributed by atoms with Crippen molar-refractivity contribution < 1.29 is 23.9 Å². The molecule has 0 fully saturated rings. The molecule has 4 amide bonds. The number of ether oxygens (including phenoxy) is 1. The lowest BCUT2D eigenvalue weighted by atomic mass is 9.91. The van der Waals surface area contributed by atoms with Crippen LogP contribution in [0.15, 0.2) is 36.4 Å². The van der Waals surface area contributed by atoms with Crippen molar-refractivity contribution in [2.75, 3.05) is 5.32 Å². The fraction of sp³-hybridized carbons (Fsp3) is 0.500. The fourth-order valence-electron chi connectivity index (χ4n) is 4.66. The van der Waals surface area contributed by atoms with Gasteiger partial charge in [-0.25, -0.2) is 4.79 Å². The van der Waals surface area contributed by atoms with Gasteiger partial charge in [-0.05, 0) is 97.9 Å². The predicted octanol–water partition coefficient (Wildman–Crippen LogP) is 5.39. The van der Waals surface area contributed by atoms with E-state index in [0.29, 0.717) is 11.3 Å². The Kier molecular flexibility index (Phi) is 10.7. The van der Waals surface area contributed by atoms with E-state index in [4.69, 9.17) is 10.5 Å². The van der Waals surface area contributed by atoms with E-state index in [1.54, 1.807) is 20.8 Å². The normalized spacial score (nSPS) is 13.1. The van der Waals surface area contributed by atoms with Crippen molar-refractivity contribution in [3.05, 3.63) is 64.2 Å². The van der Waals surface area contributed by atoms with E-state index >= 15 is 0 Å². The molecule has 0 heterocycles. The molecule has 0 radical (unpaired) electrons. The lowest BCUT2D eigenvalue weighted by Crippen LogP contribution is -2.58. The molecule has 2 rings (SSSR count). The lowest BCUT2D eigenvalue weighted by molar-refractivity contribution is -0.147. The molecule has 0 aliphatic carbocycles. The van der Waals surface area contributed by atoms with Crippen LogP contribution in [0.3, 0.4) is 0 Å². The van der Waals surface area contributed by atoms with E-state index in [1.807, 2.05) is 84.9 Å². The molecule has 9 nitrogen and oxygen atoms in total. The van der Waals surface area contributed by atoms with Crippen molar-refractivity contribution >= 4 is 29.5 Å². The van der Waals surface area contributed by atoms with Crippen LogP contribution in [0.25, 0.3) is 0 Å². The number of hydrogen-bond donors (Lipinski definition) is 3. The molecule has 2 aromatic rings. The molecule has 0 saturated heterocycles. The summed E-state index contributed by atoms with van der Waals surface area (Å²) < 4.78 is 5.41. The number of alkyl carbamates (subject to hydrolysis) is 1. The first-order chi connectivity index (χ1) is 18.8. The standard InChI is InChI=1S/C32H46N4O5/c1-19-14-15-20(2)23(18-19)27(28(38)35-26-21(3)12-11-13-22(26)4)36(31(5,6)7)29(39)24(16-17-25(33)37)34-30(40)41-32(8,9)10/h11-15,18,24,27H,16-17H2,1-10H3,(H2,33,37)(H,34,40)(H,35,38). The molecule has 9 heteroatoms. The SMILES string of the molecule is Cc1ccc(C)c(C(C(=O)Nc2c(C)cccc2C)N(C(=O)C(CCC(N)=O)NC(=O)OC(C)(C)C)C(C)(C)C)c1. The quantitative estimate of drug-likeness (QED) is 0.375. The number of rotatable bonds is 9. The van der Waals surface area contributed by atoms with Gasteiger partial charge in [0.2, 0.25) is 11.8 Å². The van der Waals surface area contributed by atoms with E-state index < -0.39 is 47.0 Å². The number of anilines is 1. The minimum Gasteiger partial charge on any atom is -0.444 e. The Morgan fingerprint density at radius 3 is 2.00 bits per heavy atom. The average molecular weight is 567 g/mol. The van der Waals surface area contributed by atoms with E-state index in [2.05, 4.69) is 10.6 Å². The van der Waals surface area contributed by atoms with Gasteiger partial charge in [0.1, 0.15) is 17.7 Å². The molecule has 0 aliphatic heterocycles. The highest BCUT2D eigenvalue weighted by molar-refractivity contribution is 6.00. The minimum atomic E-state index is -1.17. The molecule has 0 spiro atoms. The molecule has 2 aromatic carbocycles. The summed E-state index contributed by atoms with van der Waals surface area (Å²) >= 11 is 0. The summed E-state index contributed by atoms with van der Waals surface area (Å²) in [6.07, 6.45) is -1.01. The van der Waals surface area contributed by atoms with Crippen molar-refractivity contribution in [2.24, 2.45) is 5.73 Å². The predicted molar refractivity (Wildman–Crippen MR) is 161 cm³/mol. The molecule has 2 atom stereocenters. The Hall–Kier alpha value is -3.88. The highest BCUT2D eigenvalue weighted by Crippen LogP contribution is 2.34. The Labute approximate surface area is 244 Å². The zero-order chi connectivity index (χ0) is 31.3. The molecule has 2 unspecified atom stereocenters. The van der Waals surface area contributed by atoms with Crippen molar-refractivity contribution in [3.63, 3.8) is 0 Å². The van der Waals surface area contributed by atoms with Crippen molar-refractivity contribution in [3.8, 4) is 0 Å². The number of nitrogens with zero attached hydrogens (tertiary/aromatic N) is 1. The Morgan fingerprint density at radius 1 is 0.902 bits per heavy atom. The second kappa shape index (κ2) is 13.2. The second-order valence-corrected chi connectivity index (χ2v) is 12.6. The maximum absolute atomic E-state index is 14.4. The van der Waals surface area contributed by atoms with Gasteiger partial charge in [-0.2, -0.15) is 0 Å². The van der Waals surface area contributed by atoms with Crippen molar-refractivity contribution in [2.45, 2.75) is 105 Å². The number of primary amides is 1. The van der Waals surface area contributed by atoms with E-state index in [-0.39, 0.29) is 12.8 Å². The van der Waals surface area contributed by atoms with Gasteiger partial charge in [0.25, 0.3) is 5.91 Å². The average Bonchev–Trinajstić information content (AvgIpc) is 2.81. The molecule has 4 N–H and O–H groups in total. The molecule has 0 aliphatic rings. The van der Waals surface area contributed by atoms with Gasteiger partial charge in [0.05, 0.1) is 0 Å². The lowest BCUT2D eigenvalue weighted by Gasteiger charge is -2.43. The number of nitrogens with two attached hydrogens (primary N) is 1. The van der Waals surface area contributed by atoms with Crippen LogP contribution in [0.1, 0.15) is 88.2 Å². The van der Waals surface area contributed by atoms with Crippen LogP contribution in [0.4, 0.5) is 10.5 Å². The number of carbonyl (C=O) groups is 4. The van der Waals surface area contributed by atoms with Gasteiger partial charge in [0.15, 0.2) is 0 Å². The molecule has 0 aromatic heterocycles. The molecule has 0 bridgehead atoms. The van der Waals surface area contributed by atoms with Gasteiger partial charge in [-0.15, -0.1) is 0 Å². The maximum Gasteiger partial charge on any atom is 0.408 e. The number of nitrogens with one attached hydrogen (secondary N) is 2. The third kappa shape index (κ3) is 9.33. The van der Waals surface area contributed by atoms with Crippen LogP contribution in [0.2, 0.25) is 0 Å². The van der Waals surface area contributed by atoms with Gasteiger partial charge in [-0.1, -0.05) is 42.0 Å². The number of aryl methyl sites for hydroxylation is 4. The Bertz CT molecular complexity index is 1270. The van der Waals surface area contributed by atoms with Gasteiger partial charge in [0, 0.05) is 17.6 Å². The van der Waals surface area contributed by atoms with Crippen LogP contribution >= 0.6 is 0 Å².